The standard InChI is InChI=1S/C22H22N4O2S2/c1-26-12-11-23-22(26)30-14-20(27)24-16-8-6-15(7-9-16)21(28)25-18-10-13-29-19-5-3-2-4-17(18)19/h2-9,11-12,18H,10,13-14H2,1H3,(H,24,27)(H,25,28)/t18-/m1/s1. The van der Waals surface area contributed by atoms with Crippen molar-refractivity contribution in [2.75, 3.05) is 16.8 Å². The van der Waals surface area contributed by atoms with Crippen LogP contribution in [0.3, 0.4) is 0 Å². The fraction of sp³-hybridized carbons (Fsp3) is 0.227. The molecule has 2 heterocycles. The van der Waals surface area contributed by atoms with E-state index in [-0.39, 0.29) is 23.6 Å². The quantitative estimate of drug-likeness (QED) is 0.566. The van der Waals surface area contributed by atoms with Crippen molar-refractivity contribution >= 4 is 41.0 Å². The summed E-state index contributed by atoms with van der Waals surface area (Å²) in [6.07, 6.45) is 4.46. The predicted molar refractivity (Wildman–Crippen MR) is 121 cm³/mol. The van der Waals surface area contributed by atoms with Gasteiger partial charge < -0.3 is 15.2 Å². The number of rotatable bonds is 6. The zero-order valence-electron chi connectivity index (χ0n) is 16.5. The van der Waals surface area contributed by atoms with E-state index in [4.69, 9.17) is 0 Å². The monoisotopic (exact) mass is 438 g/mol. The predicted octanol–water partition coefficient (Wildman–Crippen LogP) is 4.12. The number of imidazole rings is 1. The van der Waals surface area contributed by atoms with Crippen LogP contribution < -0.4 is 10.6 Å². The van der Waals surface area contributed by atoms with Gasteiger partial charge in [0.05, 0.1) is 11.8 Å². The first-order valence-electron chi connectivity index (χ1n) is 9.63. The lowest BCUT2D eigenvalue weighted by Gasteiger charge is -2.25. The summed E-state index contributed by atoms with van der Waals surface area (Å²) < 4.78 is 1.87. The Morgan fingerprint density at radius 1 is 1.20 bits per heavy atom. The number of amides is 2. The lowest BCUT2D eigenvalue weighted by atomic mass is 10.0. The highest BCUT2D eigenvalue weighted by molar-refractivity contribution is 7.99. The van der Waals surface area contributed by atoms with Gasteiger partial charge >= 0.3 is 0 Å². The van der Waals surface area contributed by atoms with Crippen LogP contribution in [0.25, 0.3) is 0 Å². The molecular formula is C22H22N4O2S2. The highest BCUT2D eigenvalue weighted by atomic mass is 32.2. The molecule has 0 aliphatic carbocycles. The summed E-state index contributed by atoms with van der Waals surface area (Å²) in [4.78, 5) is 30.3. The number of benzene rings is 2. The molecule has 30 heavy (non-hydrogen) atoms. The number of carbonyl (C=O) groups is 2. The molecule has 0 radical (unpaired) electrons. The van der Waals surface area contributed by atoms with E-state index in [0.717, 1.165) is 17.3 Å². The number of aryl methyl sites for hydroxylation is 1. The molecular weight excluding hydrogens is 416 g/mol. The fourth-order valence-electron chi connectivity index (χ4n) is 3.26. The highest BCUT2D eigenvalue weighted by Gasteiger charge is 2.22. The maximum Gasteiger partial charge on any atom is 0.251 e. The van der Waals surface area contributed by atoms with Crippen LogP contribution in [0.15, 0.2) is 71.0 Å². The van der Waals surface area contributed by atoms with Crippen LogP contribution in [0.1, 0.15) is 28.4 Å². The van der Waals surface area contributed by atoms with Crippen LogP contribution in [0.4, 0.5) is 5.69 Å². The minimum atomic E-state index is -0.114. The molecule has 0 bridgehead atoms. The maximum atomic E-state index is 12.7. The zero-order valence-corrected chi connectivity index (χ0v) is 18.1. The third-order valence-corrected chi connectivity index (χ3v) is 6.98. The molecule has 4 rings (SSSR count). The Morgan fingerprint density at radius 2 is 2.00 bits per heavy atom. The second-order valence-electron chi connectivity index (χ2n) is 6.94. The summed E-state index contributed by atoms with van der Waals surface area (Å²) in [5.41, 5.74) is 2.42. The molecule has 0 unspecified atom stereocenters. The van der Waals surface area contributed by atoms with Gasteiger partial charge in [-0.05, 0) is 42.3 Å². The second-order valence-corrected chi connectivity index (χ2v) is 9.02. The van der Waals surface area contributed by atoms with Gasteiger partial charge in [0.2, 0.25) is 5.91 Å². The average Bonchev–Trinajstić information content (AvgIpc) is 3.18. The molecule has 2 aromatic carbocycles. The molecule has 1 aliphatic rings. The molecule has 0 fully saturated rings. The third-order valence-electron chi connectivity index (χ3n) is 4.80. The van der Waals surface area contributed by atoms with Gasteiger partial charge in [-0.1, -0.05) is 30.0 Å². The lowest BCUT2D eigenvalue weighted by molar-refractivity contribution is -0.113. The van der Waals surface area contributed by atoms with Gasteiger partial charge in [-0.25, -0.2) is 4.98 Å². The molecule has 0 saturated heterocycles. The molecule has 1 aliphatic heterocycles. The first-order valence-corrected chi connectivity index (χ1v) is 11.6. The summed E-state index contributed by atoms with van der Waals surface area (Å²) in [6, 6.07) is 15.2. The molecule has 3 aromatic rings. The van der Waals surface area contributed by atoms with Crippen LogP contribution in [0.2, 0.25) is 0 Å². The van der Waals surface area contributed by atoms with E-state index in [2.05, 4.69) is 27.8 Å². The Morgan fingerprint density at radius 3 is 2.77 bits per heavy atom. The molecule has 1 atom stereocenters. The van der Waals surface area contributed by atoms with Crippen LogP contribution >= 0.6 is 23.5 Å². The molecule has 154 valence electrons. The van der Waals surface area contributed by atoms with Crippen molar-refractivity contribution in [2.45, 2.75) is 22.5 Å². The molecule has 2 amide bonds. The van der Waals surface area contributed by atoms with Crippen LogP contribution in [0, 0.1) is 0 Å². The maximum absolute atomic E-state index is 12.7. The molecule has 1 aromatic heterocycles. The minimum Gasteiger partial charge on any atom is -0.345 e. The third kappa shape index (κ3) is 4.88. The number of fused-ring (bicyclic) bond motifs is 1. The smallest absolute Gasteiger partial charge is 0.251 e. The van der Waals surface area contributed by atoms with Crippen molar-refractivity contribution < 1.29 is 9.59 Å². The van der Waals surface area contributed by atoms with E-state index in [1.807, 2.05) is 41.7 Å². The Balaban J connectivity index is 1.32. The SMILES string of the molecule is Cn1ccnc1SCC(=O)Nc1ccc(C(=O)N[C@@H]2CCSc3ccccc32)cc1. The second kappa shape index (κ2) is 9.40. The summed E-state index contributed by atoms with van der Waals surface area (Å²) in [7, 11) is 1.89. The van der Waals surface area contributed by atoms with E-state index in [0.29, 0.717) is 11.3 Å². The summed E-state index contributed by atoms with van der Waals surface area (Å²) in [5, 5.41) is 6.79. The summed E-state index contributed by atoms with van der Waals surface area (Å²) in [6.45, 7) is 0. The van der Waals surface area contributed by atoms with Crippen molar-refractivity contribution in [1.82, 2.24) is 14.9 Å². The van der Waals surface area contributed by atoms with Gasteiger partial charge in [-0.2, -0.15) is 0 Å². The minimum absolute atomic E-state index is 0.0254. The van der Waals surface area contributed by atoms with Crippen molar-refractivity contribution in [3.63, 3.8) is 0 Å². The average molecular weight is 439 g/mol. The van der Waals surface area contributed by atoms with Crippen molar-refractivity contribution in [1.29, 1.82) is 0 Å². The molecule has 0 spiro atoms. The van der Waals surface area contributed by atoms with Crippen molar-refractivity contribution in [3.8, 4) is 0 Å². The number of carbonyl (C=O) groups excluding carboxylic acids is 2. The van der Waals surface area contributed by atoms with Crippen molar-refractivity contribution in [3.05, 3.63) is 72.1 Å². The topological polar surface area (TPSA) is 76.0 Å². The van der Waals surface area contributed by atoms with Crippen LogP contribution in [-0.2, 0) is 11.8 Å². The first kappa shape index (κ1) is 20.6. The number of hydrogen-bond donors (Lipinski definition) is 2. The Hall–Kier alpha value is -2.71. The van der Waals surface area contributed by atoms with E-state index in [1.165, 1.54) is 22.2 Å². The fourth-order valence-corrected chi connectivity index (χ4v) is 5.11. The first-order chi connectivity index (χ1) is 14.6. The van der Waals surface area contributed by atoms with Gasteiger partial charge in [-0.3, -0.25) is 9.59 Å². The Labute approximate surface area is 183 Å². The van der Waals surface area contributed by atoms with E-state index in [9.17, 15) is 9.59 Å². The van der Waals surface area contributed by atoms with Crippen LogP contribution in [-0.4, -0.2) is 32.9 Å². The van der Waals surface area contributed by atoms with Gasteiger partial charge in [0.1, 0.15) is 0 Å². The van der Waals surface area contributed by atoms with E-state index < -0.39 is 0 Å². The number of aromatic nitrogens is 2. The lowest BCUT2D eigenvalue weighted by Crippen LogP contribution is -2.30. The van der Waals surface area contributed by atoms with Gasteiger partial charge in [-0.15, -0.1) is 11.8 Å². The zero-order chi connectivity index (χ0) is 20.9. The molecule has 6 nitrogen and oxygen atoms in total. The van der Waals surface area contributed by atoms with Gasteiger partial charge in [0.25, 0.3) is 5.91 Å². The van der Waals surface area contributed by atoms with Crippen molar-refractivity contribution in [2.24, 2.45) is 7.05 Å². The van der Waals surface area contributed by atoms with E-state index >= 15 is 0 Å². The number of nitrogens with one attached hydrogen (secondary N) is 2. The molecule has 8 heteroatoms. The number of hydrogen-bond acceptors (Lipinski definition) is 5. The number of thioether (sulfide) groups is 2. The highest BCUT2D eigenvalue weighted by Crippen LogP contribution is 2.35. The largest absolute Gasteiger partial charge is 0.345 e. The molecule has 2 N–H and O–H groups in total. The Bertz CT molecular complexity index is 1050. The van der Waals surface area contributed by atoms with Gasteiger partial charge in [0, 0.05) is 41.3 Å². The number of nitrogens with zero attached hydrogens (tertiary/aromatic N) is 2. The van der Waals surface area contributed by atoms with E-state index in [1.54, 1.807) is 30.5 Å². The van der Waals surface area contributed by atoms with Gasteiger partial charge in [0.15, 0.2) is 5.16 Å². The number of anilines is 1. The Kier molecular flexibility index (Phi) is 6.44. The molecule has 0 saturated carbocycles. The summed E-state index contributed by atoms with van der Waals surface area (Å²) in [5.74, 6) is 1.04. The van der Waals surface area contributed by atoms with Crippen LogP contribution in [0.5, 0.6) is 0 Å². The summed E-state index contributed by atoms with van der Waals surface area (Å²) >= 11 is 3.21. The normalized spacial score (nSPS) is 15.3.